The van der Waals surface area contributed by atoms with Crippen LogP contribution in [-0.4, -0.2) is 30.9 Å². The molecule has 0 fully saturated rings. The second-order valence-corrected chi connectivity index (χ2v) is 4.63. The molecule has 1 aromatic rings. The highest BCUT2D eigenvalue weighted by Gasteiger charge is 2.32. The van der Waals surface area contributed by atoms with E-state index in [-0.39, 0.29) is 25.4 Å². The van der Waals surface area contributed by atoms with E-state index in [1.165, 1.54) is 12.1 Å². The molecular weight excluding hydrogens is 296 g/mol. The molecule has 0 saturated heterocycles. The molecular formula is C15H17ClO5. The van der Waals surface area contributed by atoms with Crippen LogP contribution in [0.4, 0.5) is 0 Å². The van der Waals surface area contributed by atoms with E-state index < -0.39 is 17.9 Å². The summed E-state index contributed by atoms with van der Waals surface area (Å²) in [6, 6.07) is 6.22. The van der Waals surface area contributed by atoms with Gasteiger partial charge in [-0.3, -0.25) is 14.4 Å². The molecule has 5 nitrogen and oxygen atoms in total. The van der Waals surface area contributed by atoms with Gasteiger partial charge in [0.2, 0.25) is 0 Å². The molecule has 21 heavy (non-hydrogen) atoms. The largest absolute Gasteiger partial charge is 0.465 e. The average molecular weight is 313 g/mol. The van der Waals surface area contributed by atoms with Crippen molar-refractivity contribution in [2.75, 3.05) is 13.2 Å². The second-order valence-electron chi connectivity index (χ2n) is 4.19. The van der Waals surface area contributed by atoms with Gasteiger partial charge in [0.15, 0.2) is 11.7 Å². The van der Waals surface area contributed by atoms with E-state index in [1.807, 2.05) is 0 Å². The lowest BCUT2D eigenvalue weighted by molar-refractivity contribution is -0.161. The molecule has 1 rings (SSSR count). The van der Waals surface area contributed by atoms with Crippen LogP contribution in [0.1, 0.15) is 30.6 Å². The summed E-state index contributed by atoms with van der Waals surface area (Å²) in [4.78, 5) is 35.7. The van der Waals surface area contributed by atoms with Crippen LogP contribution in [-0.2, 0) is 19.1 Å². The number of hydrogen-bond acceptors (Lipinski definition) is 5. The Morgan fingerprint density at radius 2 is 1.48 bits per heavy atom. The summed E-state index contributed by atoms with van der Waals surface area (Å²) in [6.45, 7) is 3.51. The van der Waals surface area contributed by atoms with E-state index in [1.54, 1.807) is 26.0 Å². The van der Waals surface area contributed by atoms with Crippen LogP contribution >= 0.6 is 11.6 Å². The van der Waals surface area contributed by atoms with Crippen LogP contribution in [0.25, 0.3) is 0 Å². The van der Waals surface area contributed by atoms with Crippen molar-refractivity contribution in [2.45, 2.75) is 20.3 Å². The molecule has 0 aliphatic rings. The second kappa shape index (κ2) is 8.42. The third kappa shape index (κ3) is 5.19. The Morgan fingerprint density at radius 1 is 1.00 bits per heavy atom. The molecule has 0 spiro atoms. The predicted molar refractivity (Wildman–Crippen MR) is 77.2 cm³/mol. The van der Waals surface area contributed by atoms with Gasteiger partial charge in [-0.05, 0) is 38.1 Å². The lowest BCUT2D eigenvalue weighted by atomic mass is 9.98. The topological polar surface area (TPSA) is 69.7 Å². The Bertz CT molecular complexity index is 491. The highest BCUT2D eigenvalue weighted by Crippen LogP contribution is 2.16. The van der Waals surface area contributed by atoms with Crippen molar-refractivity contribution in [3.8, 4) is 0 Å². The number of carbonyl (C=O) groups is 3. The molecule has 0 unspecified atom stereocenters. The van der Waals surface area contributed by atoms with Gasteiger partial charge in [-0.25, -0.2) is 0 Å². The first kappa shape index (κ1) is 17.2. The normalized spacial score (nSPS) is 10.3. The summed E-state index contributed by atoms with van der Waals surface area (Å²) in [5.74, 6) is -3.10. The first-order valence-electron chi connectivity index (χ1n) is 6.61. The summed E-state index contributed by atoms with van der Waals surface area (Å²) < 4.78 is 9.63. The van der Waals surface area contributed by atoms with Crippen LogP contribution in [0.3, 0.4) is 0 Å². The van der Waals surface area contributed by atoms with Crippen molar-refractivity contribution in [3.05, 3.63) is 34.9 Å². The molecule has 0 radical (unpaired) electrons. The van der Waals surface area contributed by atoms with E-state index in [2.05, 4.69) is 0 Å². The number of ketones is 1. The first-order valence-corrected chi connectivity index (χ1v) is 6.99. The van der Waals surface area contributed by atoms with E-state index in [4.69, 9.17) is 21.1 Å². The third-order valence-corrected chi connectivity index (χ3v) is 2.95. The van der Waals surface area contributed by atoms with Crippen molar-refractivity contribution in [2.24, 2.45) is 5.92 Å². The minimum Gasteiger partial charge on any atom is -0.465 e. The van der Waals surface area contributed by atoms with Crippen molar-refractivity contribution in [1.29, 1.82) is 0 Å². The lowest BCUT2D eigenvalue weighted by Gasteiger charge is -2.13. The van der Waals surface area contributed by atoms with Crippen LogP contribution in [0.2, 0.25) is 5.02 Å². The fourth-order valence-electron chi connectivity index (χ4n) is 1.69. The number of hydrogen-bond donors (Lipinski definition) is 0. The van der Waals surface area contributed by atoms with Crippen molar-refractivity contribution in [3.63, 3.8) is 0 Å². The van der Waals surface area contributed by atoms with Gasteiger partial charge >= 0.3 is 11.9 Å². The Morgan fingerprint density at radius 3 is 1.90 bits per heavy atom. The predicted octanol–water partition coefficient (Wildman–Crippen LogP) is 2.66. The van der Waals surface area contributed by atoms with E-state index in [9.17, 15) is 14.4 Å². The summed E-state index contributed by atoms with van der Waals surface area (Å²) in [5, 5.41) is 0.499. The Balaban J connectivity index is 2.84. The summed E-state index contributed by atoms with van der Waals surface area (Å²) in [7, 11) is 0. The fraction of sp³-hybridized carbons (Fsp3) is 0.400. The van der Waals surface area contributed by atoms with Gasteiger partial charge in [-0.2, -0.15) is 0 Å². The number of halogens is 1. The first-order chi connectivity index (χ1) is 9.99. The van der Waals surface area contributed by atoms with E-state index in [0.717, 1.165) is 0 Å². The molecule has 0 N–H and O–H groups in total. The van der Waals surface area contributed by atoms with E-state index >= 15 is 0 Å². The number of rotatable bonds is 7. The van der Waals surface area contributed by atoms with Crippen LogP contribution in [0.15, 0.2) is 24.3 Å². The molecule has 114 valence electrons. The molecule has 0 heterocycles. The highest BCUT2D eigenvalue weighted by molar-refractivity contribution is 6.30. The van der Waals surface area contributed by atoms with Gasteiger partial charge in [0.05, 0.1) is 13.2 Å². The Labute approximate surface area is 128 Å². The molecule has 1 aromatic carbocycles. The Kier molecular flexibility index (Phi) is 6.88. The minimum absolute atomic E-state index is 0.129. The minimum atomic E-state index is -1.24. The third-order valence-electron chi connectivity index (χ3n) is 2.70. The molecule has 0 bridgehead atoms. The Hall–Kier alpha value is -1.88. The maximum Gasteiger partial charge on any atom is 0.320 e. The summed E-state index contributed by atoms with van der Waals surface area (Å²) in [6.07, 6.45) is -0.292. The summed E-state index contributed by atoms with van der Waals surface area (Å²) in [5.41, 5.74) is 0.373. The van der Waals surface area contributed by atoms with Crippen molar-refractivity contribution in [1.82, 2.24) is 0 Å². The van der Waals surface area contributed by atoms with E-state index in [0.29, 0.717) is 10.6 Å². The molecule has 0 atom stereocenters. The highest BCUT2D eigenvalue weighted by atomic mass is 35.5. The monoisotopic (exact) mass is 312 g/mol. The van der Waals surface area contributed by atoms with Gasteiger partial charge in [0, 0.05) is 17.0 Å². The molecule has 0 aliphatic carbocycles. The fourth-order valence-corrected chi connectivity index (χ4v) is 1.81. The van der Waals surface area contributed by atoms with Crippen LogP contribution in [0, 0.1) is 5.92 Å². The molecule has 0 amide bonds. The van der Waals surface area contributed by atoms with Gasteiger partial charge < -0.3 is 9.47 Å². The van der Waals surface area contributed by atoms with Gasteiger partial charge in [0.1, 0.15) is 0 Å². The number of esters is 2. The molecule has 0 aromatic heterocycles. The SMILES string of the molecule is CCOC(=O)C(CC(=O)c1ccc(Cl)cc1)C(=O)OCC. The molecule has 0 saturated carbocycles. The van der Waals surface area contributed by atoms with Crippen molar-refractivity contribution < 1.29 is 23.9 Å². The number of carbonyl (C=O) groups excluding carboxylic acids is 3. The zero-order chi connectivity index (χ0) is 15.8. The molecule has 6 heteroatoms. The number of ether oxygens (including phenoxy) is 2. The number of benzene rings is 1. The zero-order valence-corrected chi connectivity index (χ0v) is 12.7. The smallest absolute Gasteiger partial charge is 0.320 e. The maximum atomic E-state index is 12.1. The van der Waals surface area contributed by atoms with Gasteiger partial charge in [-0.1, -0.05) is 11.6 Å². The maximum absolute atomic E-state index is 12.1. The van der Waals surface area contributed by atoms with Gasteiger partial charge in [-0.15, -0.1) is 0 Å². The summed E-state index contributed by atoms with van der Waals surface area (Å²) >= 11 is 5.75. The molecule has 0 aliphatic heterocycles. The van der Waals surface area contributed by atoms with Gasteiger partial charge in [0.25, 0.3) is 0 Å². The zero-order valence-electron chi connectivity index (χ0n) is 11.9. The lowest BCUT2D eigenvalue weighted by Crippen LogP contribution is -2.30. The quantitative estimate of drug-likeness (QED) is 0.440. The van der Waals surface area contributed by atoms with Crippen LogP contribution in [0.5, 0.6) is 0 Å². The standard InChI is InChI=1S/C15H17ClO5/c1-3-20-14(18)12(15(19)21-4-2)9-13(17)10-5-7-11(16)8-6-10/h5-8,12H,3-4,9H2,1-2H3. The average Bonchev–Trinajstić information content (AvgIpc) is 2.45. The van der Waals surface area contributed by atoms with Crippen LogP contribution < -0.4 is 0 Å². The van der Waals surface area contributed by atoms with Crippen molar-refractivity contribution >= 4 is 29.3 Å². The number of Topliss-reactive ketones (excluding diaryl/α,β-unsaturated/α-hetero) is 1.